The number of hydrogen-bond donors (Lipinski definition) is 2. The van der Waals surface area contributed by atoms with Gasteiger partial charge in [-0.15, -0.1) is 0 Å². The Morgan fingerprint density at radius 3 is 2.61 bits per heavy atom. The van der Waals surface area contributed by atoms with Gasteiger partial charge in [-0.1, -0.05) is 47.7 Å². The molecule has 0 unspecified atom stereocenters. The van der Waals surface area contributed by atoms with Gasteiger partial charge < -0.3 is 5.11 Å². The number of fused-ring (bicyclic) bond motifs is 1. The zero-order valence-corrected chi connectivity index (χ0v) is 16.6. The lowest BCUT2D eigenvalue weighted by Gasteiger charge is -2.09. The molecule has 0 saturated carbocycles. The molecule has 0 bridgehead atoms. The van der Waals surface area contributed by atoms with Crippen molar-refractivity contribution in [2.24, 2.45) is 4.99 Å². The van der Waals surface area contributed by atoms with Crippen molar-refractivity contribution in [1.29, 1.82) is 0 Å². The summed E-state index contributed by atoms with van der Waals surface area (Å²) in [6, 6.07) is 12.6. The number of amides is 2. The number of nitrogens with zero attached hydrogens (tertiary/aromatic N) is 2. The Morgan fingerprint density at radius 1 is 1.14 bits per heavy atom. The van der Waals surface area contributed by atoms with Crippen molar-refractivity contribution in [3.05, 3.63) is 78.6 Å². The van der Waals surface area contributed by atoms with Gasteiger partial charge in [-0.3, -0.25) is 15.0 Å². The summed E-state index contributed by atoms with van der Waals surface area (Å²) in [6.07, 6.45) is 0. The molecule has 1 aliphatic rings. The van der Waals surface area contributed by atoms with Crippen molar-refractivity contribution in [3.63, 3.8) is 0 Å². The zero-order chi connectivity index (χ0) is 20.0. The molecule has 0 spiro atoms. The Morgan fingerprint density at radius 2 is 1.86 bits per heavy atom. The largest absolute Gasteiger partial charge is 0.492 e. The molecule has 6 nitrogen and oxygen atoms in total. The first-order valence-electron chi connectivity index (χ1n) is 8.43. The van der Waals surface area contributed by atoms with Crippen molar-refractivity contribution in [3.8, 4) is 5.88 Å². The lowest BCUT2D eigenvalue weighted by Crippen LogP contribution is -2.25. The summed E-state index contributed by atoms with van der Waals surface area (Å²) < 4.78 is 1.34. The zero-order valence-electron chi connectivity index (χ0n) is 15.0. The molecule has 3 aromatic rings. The number of rotatable bonds is 3. The number of para-hydroxylation sites is 1. The summed E-state index contributed by atoms with van der Waals surface area (Å²) >= 11 is 6.36. The van der Waals surface area contributed by atoms with E-state index < -0.39 is 11.8 Å². The second-order valence-electron chi connectivity index (χ2n) is 6.37. The molecule has 2 aromatic carbocycles. The fraction of sp³-hybridized carbons (Fsp3) is 0.100. The molecule has 0 fully saturated rings. The Labute approximate surface area is 169 Å². The predicted octanol–water partition coefficient (Wildman–Crippen LogP) is 2.34. The lowest BCUT2D eigenvalue weighted by molar-refractivity contribution is -0.112. The van der Waals surface area contributed by atoms with Crippen LogP contribution in [0.1, 0.15) is 26.4 Å². The summed E-state index contributed by atoms with van der Waals surface area (Å²) in [5.41, 5.74) is 5.03. The molecular formula is C20H15N3O3S2. The van der Waals surface area contributed by atoms with Crippen LogP contribution < -0.4 is 16.0 Å². The number of benzene rings is 2. The van der Waals surface area contributed by atoms with Gasteiger partial charge in [0.15, 0.2) is 3.95 Å². The molecule has 1 aliphatic heterocycles. The van der Waals surface area contributed by atoms with Gasteiger partial charge in [0.05, 0.1) is 10.9 Å². The number of carbonyl (C=O) groups excluding carboxylic acids is 2. The van der Waals surface area contributed by atoms with Crippen LogP contribution in [0, 0.1) is 17.8 Å². The van der Waals surface area contributed by atoms with E-state index in [0.29, 0.717) is 16.1 Å². The number of hydrogen-bond acceptors (Lipinski definition) is 5. The van der Waals surface area contributed by atoms with Gasteiger partial charge in [0.2, 0.25) is 5.88 Å². The van der Waals surface area contributed by atoms with E-state index in [9.17, 15) is 14.7 Å². The van der Waals surface area contributed by atoms with Gasteiger partial charge in [-0.05, 0) is 43.3 Å². The van der Waals surface area contributed by atoms with Crippen molar-refractivity contribution in [2.75, 3.05) is 5.43 Å². The molecule has 2 N–H and O–H groups in total. The third-order valence-electron chi connectivity index (χ3n) is 4.55. The third-order valence-corrected chi connectivity index (χ3v) is 5.93. The first-order chi connectivity index (χ1) is 13.4. The molecule has 0 aliphatic carbocycles. The molecule has 2 amide bonds. The summed E-state index contributed by atoms with van der Waals surface area (Å²) in [6.45, 7) is 3.69. The van der Waals surface area contributed by atoms with E-state index in [1.165, 1.54) is 0 Å². The predicted molar refractivity (Wildman–Crippen MR) is 109 cm³/mol. The van der Waals surface area contributed by atoms with Crippen LogP contribution in [0.15, 0.2) is 47.5 Å². The standard InChI is InChI=1S/C20H15N3O3S2/c1-10-6-3-4-8-12(10)17(24)22-23-19(26)16(28-20(23)27)14-13-9-5-7-11(2)15(13)21-18(14)25/h3-9,26H,1-2H3,(H,22,24). The van der Waals surface area contributed by atoms with Gasteiger partial charge in [0.1, 0.15) is 4.88 Å². The summed E-state index contributed by atoms with van der Waals surface area (Å²) in [4.78, 5) is 29.5. The average molecular weight is 409 g/mol. The van der Waals surface area contributed by atoms with Gasteiger partial charge in [-0.2, -0.15) is 4.68 Å². The summed E-state index contributed by atoms with van der Waals surface area (Å²) in [7, 11) is 0. The molecule has 0 atom stereocenters. The third kappa shape index (κ3) is 2.87. The fourth-order valence-electron chi connectivity index (χ4n) is 3.12. The number of carbonyl (C=O) groups is 2. The van der Waals surface area contributed by atoms with Crippen molar-refractivity contribution < 1.29 is 14.7 Å². The average Bonchev–Trinajstić information content (AvgIpc) is 3.13. The van der Waals surface area contributed by atoms with E-state index >= 15 is 0 Å². The van der Waals surface area contributed by atoms with Crippen LogP contribution in [0.3, 0.4) is 0 Å². The Bertz CT molecular complexity index is 1340. The molecular weight excluding hydrogens is 394 g/mol. The molecule has 0 saturated heterocycles. The van der Waals surface area contributed by atoms with E-state index in [0.717, 1.165) is 27.1 Å². The highest BCUT2D eigenvalue weighted by Crippen LogP contribution is 2.32. The molecule has 28 heavy (non-hydrogen) atoms. The minimum Gasteiger partial charge on any atom is -0.492 e. The van der Waals surface area contributed by atoms with Crippen molar-refractivity contribution >= 4 is 40.9 Å². The number of aryl methyl sites for hydroxylation is 2. The Kier molecular flexibility index (Phi) is 4.44. The minimum atomic E-state index is -0.437. The first kappa shape index (κ1) is 18.3. The Hall–Kier alpha value is -3.10. The summed E-state index contributed by atoms with van der Waals surface area (Å²) in [5, 5.41) is 12.0. The number of aromatic nitrogens is 1. The van der Waals surface area contributed by atoms with Crippen molar-refractivity contribution in [1.82, 2.24) is 4.68 Å². The smallest absolute Gasteiger partial charge is 0.279 e. The second kappa shape index (κ2) is 6.81. The fourth-order valence-corrected chi connectivity index (χ4v) is 4.38. The van der Waals surface area contributed by atoms with Crippen LogP contribution in [-0.4, -0.2) is 21.6 Å². The van der Waals surface area contributed by atoms with E-state index in [1.54, 1.807) is 18.2 Å². The number of nitrogens with one attached hydrogen (secondary N) is 1. The van der Waals surface area contributed by atoms with E-state index in [4.69, 9.17) is 12.2 Å². The van der Waals surface area contributed by atoms with Crippen LogP contribution in [-0.2, 0) is 4.79 Å². The van der Waals surface area contributed by atoms with E-state index in [2.05, 4.69) is 10.4 Å². The SMILES string of the molecule is Cc1ccccc1C(=O)Nn1c(O)c(C2=c3cccc(C)c3=NC2=O)sc1=S. The molecule has 0 radical (unpaired) electrons. The number of thiazole rings is 1. The van der Waals surface area contributed by atoms with Gasteiger partial charge in [0, 0.05) is 10.8 Å². The Balaban J connectivity index is 1.82. The minimum absolute atomic E-state index is 0.218. The van der Waals surface area contributed by atoms with Crippen LogP contribution in [0.2, 0.25) is 0 Å². The molecule has 1 aromatic heterocycles. The molecule has 2 heterocycles. The lowest BCUT2D eigenvalue weighted by atomic mass is 10.1. The van der Waals surface area contributed by atoms with Gasteiger partial charge in [-0.25, -0.2) is 4.99 Å². The van der Waals surface area contributed by atoms with Crippen LogP contribution in [0.4, 0.5) is 0 Å². The monoisotopic (exact) mass is 409 g/mol. The quantitative estimate of drug-likeness (QED) is 0.651. The van der Waals surface area contributed by atoms with Gasteiger partial charge >= 0.3 is 0 Å². The molecule has 8 heteroatoms. The van der Waals surface area contributed by atoms with Crippen LogP contribution >= 0.6 is 23.6 Å². The van der Waals surface area contributed by atoms with E-state index in [-0.39, 0.29) is 20.3 Å². The maximum absolute atomic E-state index is 12.6. The van der Waals surface area contributed by atoms with Crippen LogP contribution in [0.5, 0.6) is 5.88 Å². The highest BCUT2D eigenvalue weighted by atomic mass is 32.1. The highest BCUT2D eigenvalue weighted by molar-refractivity contribution is 7.73. The normalized spacial score (nSPS) is 12.6. The topological polar surface area (TPSA) is 83.7 Å². The maximum Gasteiger partial charge on any atom is 0.279 e. The highest BCUT2D eigenvalue weighted by Gasteiger charge is 2.26. The summed E-state index contributed by atoms with van der Waals surface area (Å²) in [5.74, 6) is -1.13. The number of aromatic hydroxyl groups is 1. The van der Waals surface area contributed by atoms with Crippen molar-refractivity contribution in [2.45, 2.75) is 13.8 Å². The maximum atomic E-state index is 12.6. The second-order valence-corrected chi connectivity index (χ2v) is 8.02. The van der Waals surface area contributed by atoms with Gasteiger partial charge in [0.25, 0.3) is 11.8 Å². The molecule has 4 rings (SSSR count). The first-order valence-corrected chi connectivity index (χ1v) is 9.66. The van der Waals surface area contributed by atoms with Crippen LogP contribution in [0.25, 0.3) is 5.57 Å². The van der Waals surface area contributed by atoms with E-state index in [1.807, 2.05) is 38.1 Å². The molecule has 140 valence electrons.